The Kier molecular flexibility index (Phi) is 4.81. The van der Waals surface area contributed by atoms with Crippen LogP contribution >= 0.6 is 11.8 Å². The van der Waals surface area contributed by atoms with Gasteiger partial charge >= 0.3 is 0 Å². The van der Waals surface area contributed by atoms with Crippen LogP contribution in [0.4, 0.5) is 0 Å². The molecule has 0 aromatic heterocycles. The first-order valence-electron chi connectivity index (χ1n) is 6.49. The Bertz CT molecular complexity index is 382. The van der Waals surface area contributed by atoms with Crippen LogP contribution < -0.4 is 10.6 Å². The number of rotatable bonds is 3. The summed E-state index contributed by atoms with van der Waals surface area (Å²) in [6.45, 7) is 0.919. The summed E-state index contributed by atoms with van der Waals surface area (Å²) in [5, 5.41) is 6.02. The molecule has 0 aromatic rings. The molecule has 0 radical (unpaired) electrons. The molecule has 2 fully saturated rings. The van der Waals surface area contributed by atoms with Crippen molar-refractivity contribution in [1.29, 1.82) is 0 Å². The number of carbonyl (C=O) groups excluding carboxylic acids is 3. The van der Waals surface area contributed by atoms with Crippen molar-refractivity contribution in [2.24, 2.45) is 0 Å². The smallest absolute Gasteiger partial charge is 0.251 e. The molecule has 2 rings (SSSR count). The van der Waals surface area contributed by atoms with E-state index in [0.29, 0.717) is 19.3 Å². The molecule has 19 heavy (non-hydrogen) atoms. The zero-order valence-electron chi connectivity index (χ0n) is 11.0. The Labute approximate surface area is 116 Å². The van der Waals surface area contributed by atoms with Crippen LogP contribution in [0.5, 0.6) is 0 Å². The van der Waals surface area contributed by atoms with E-state index in [-0.39, 0.29) is 23.8 Å². The quantitative estimate of drug-likeness (QED) is 0.674. The van der Waals surface area contributed by atoms with E-state index >= 15 is 0 Å². The van der Waals surface area contributed by atoms with Gasteiger partial charge < -0.3 is 10.6 Å². The largest absolute Gasteiger partial charge is 0.344 e. The molecule has 2 unspecified atom stereocenters. The first-order valence-corrected chi connectivity index (χ1v) is 7.64. The van der Waals surface area contributed by atoms with Gasteiger partial charge in [0.15, 0.2) is 0 Å². The highest BCUT2D eigenvalue weighted by atomic mass is 32.2. The standard InChI is InChI=1S/C12H19N3O3S/c1-15-11(17)3-2-9(12(15)18)14-10(16)6-8-7-19-5-4-13-8/h8-9,13H,2-7H2,1H3,(H,14,16). The monoisotopic (exact) mass is 285 g/mol. The third-order valence-electron chi connectivity index (χ3n) is 3.42. The van der Waals surface area contributed by atoms with E-state index in [2.05, 4.69) is 10.6 Å². The van der Waals surface area contributed by atoms with Gasteiger partial charge in [0.1, 0.15) is 6.04 Å². The number of carbonyl (C=O) groups is 3. The first kappa shape index (κ1) is 14.3. The third kappa shape index (κ3) is 3.70. The Hall–Kier alpha value is -1.08. The predicted molar refractivity (Wildman–Crippen MR) is 72.7 cm³/mol. The molecule has 6 nitrogen and oxygen atoms in total. The number of nitrogens with one attached hydrogen (secondary N) is 2. The molecule has 0 saturated carbocycles. The van der Waals surface area contributed by atoms with Crippen molar-refractivity contribution in [2.45, 2.75) is 31.3 Å². The number of amides is 3. The van der Waals surface area contributed by atoms with Gasteiger partial charge in [0.25, 0.3) is 5.91 Å². The van der Waals surface area contributed by atoms with E-state index in [1.54, 1.807) is 0 Å². The van der Waals surface area contributed by atoms with Gasteiger partial charge in [-0.05, 0) is 6.42 Å². The van der Waals surface area contributed by atoms with Crippen LogP contribution in [-0.4, -0.2) is 59.8 Å². The third-order valence-corrected chi connectivity index (χ3v) is 4.55. The Morgan fingerprint density at radius 3 is 3.00 bits per heavy atom. The van der Waals surface area contributed by atoms with Gasteiger partial charge in [0, 0.05) is 44.0 Å². The molecule has 2 aliphatic heterocycles. The lowest BCUT2D eigenvalue weighted by Gasteiger charge is -2.29. The summed E-state index contributed by atoms with van der Waals surface area (Å²) in [4.78, 5) is 36.2. The number of hydrogen-bond donors (Lipinski definition) is 2. The summed E-state index contributed by atoms with van der Waals surface area (Å²) in [6.07, 6.45) is 1.10. The summed E-state index contributed by atoms with van der Waals surface area (Å²) in [6, 6.07) is -0.372. The van der Waals surface area contributed by atoms with Crippen molar-refractivity contribution >= 4 is 29.5 Å². The van der Waals surface area contributed by atoms with E-state index in [4.69, 9.17) is 0 Å². The second kappa shape index (κ2) is 6.38. The molecule has 0 aromatic carbocycles. The number of nitrogens with zero attached hydrogens (tertiary/aromatic N) is 1. The molecule has 7 heteroatoms. The van der Waals surface area contributed by atoms with Crippen LogP contribution in [0.3, 0.4) is 0 Å². The maximum atomic E-state index is 11.9. The fourth-order valence-corrected chi connectivity index (χ4v) is 3.23. The van der Waals surface area contributed by atoms with Crippen molar-refractivity contribution < 1.29 is 14.4 Å². The van der Waals surface area contributed by atoms with E-state index < -0.39 is 6.04 Å². The van der Waals surface area contributed by atoms with Gasteiger partial charge in [-0.25, -0.2) is 0 Å². The number of likely N-dealkylation sites (N-methyl/N-ethyl adjacent to an activating group) is 1. The number of thioether (sulfide) groups is 1. The van der Waals surface area contributed by atoms with E-state index in [1.165, 1.54) is 7.05 Å². The summed E-state index contributed by atoms with van der Waals surface area (Å²) < 4.78 is 0. The minimum atomic E-state index is -0.550. The molecular weight excluding hydrogens is 266 g/mol. The van der Waals surface area contributed by atoms with Crippen LogP contribution in [0.15, 0.2) is 0 Å². The highest BCUT2D eigenvalue weighted by Gasteiger charge is 2.33. The Morgan fingerprint density at radius 2 is 2.32 bits per heavy atom. The van der Waals surface area contributed by atoms with Crippen molar-refractivity contribution in [3.63, 3.8) is 0 Å². The summed E-state index contributed by atoms with van der Waals surface area (Å²) in [5.41, 5.74) is 0. The Morgan fingerprint density at radius 1 is 1.53 bits per heavy atom. The maximum Gasteiger partial charge on any atom is 0.251 e. The Balaban J connectivity index is 1.81. The molecule has 106 valence electrons. The second-order valence-corrected chi connectivity index (χ2v) is 6.03. The van der Waals surface area contributed by atoms with Crippen LogP contribution in [0.25, 0.3) is 0 Å². The van der Waals surface area contributed by atoms with Crippen LogP contribution in [-0.2, 0) is 14.4 Å². The molecule has 2 N–H and O–H groups in total. The lowest BCUT2D eigenvalue weighted by atomic mass is 10.0. The zero-order chi connectivity index (χ0) is 13.8. The fourth-order valence-electron chi connectivity index (χ4n) is 2.28. The van der Waals surface area contributed by atoms with Crippen LogP contribution in [0.1, 0.15) is 19.3 Å². The van der Waals surface area contributed by atoms with E-state index in [1.807, 2.05) is 11.8 Å². The normalized spacial score (nSPS) is 28.4. The molecule has 0 bridgehead atoms. The number of imide groups is 1. The molecule has 0 aliphatic carbocycles. The van der Waals surface area contributed by atoms with Crippen molar-refractivity contribution in [3.05, 3.63) is 0 Å². The maximum absolute atomic E-state index is 11.9. The summed E-state index contributed by atoms with van der Waals surface area (Å²) in [7, 11) is 1.46. The second-order valence-electron chi connectivity index (χ2n) is 4.88. The molecule has 3 amide bonds. The number of hydrogen-bond acceptors (Lipinski definition) is 5. The van der Waals surface area contributed by atoms with E-state index in [0.717, 1.165) is 23.0 Å². The summed E-state index contributed by atoms with van der Waals surface area (Å²) in [5.74, 6) is 1.38. The zero-order valence-corrected chi connectivity index (χ0v) is 11.8. The molecule has 0 spiro atoms. The lowest BCUT2D eigenvalue weighted by Crippen LogP contribution is -2.53. The van der Waals surface area contributed by atoms with Gasteiger partial charge in [-0.1, -0.05) is 0 Å². The number of piperidine rings is 1. The molecule has 2 aliphatic rings. The SMILES string of the molecule is CN1C(=O)CCC(NC(=O)CC2CSCCN2)C1=O. The molecule has 2 atom stereocenters. The first-order chi connectivity index (χ1) is 9.08. The topological polar surface area (TPSA) is 78.5 Å². The highest BCUT2D eigenvalue weighted by Crippen LogP contribution is 2.13. The van der Waals surface area contributed by atoms with E-state index in [9.17, 15) is 14.4 Å². The van der Waals surface area contributed by atoms with Gasteiger partial charge in [-0.2, -0.15) is 11.8 Å². The molecule has 2 saturated heterocycles. The predicted octanol–water partition coefficient (Wildman–Crippen LogP) is -0.655. The molecular formula is C12H19N3O3S. The highest BCUT2D eigenvalue weighted by molar-refractivity contribution is 7.99. The van der Waals surface area contributed by atoms with Gasteiger partial charge in [0.05, 0.1) is 0 Å². The summed E-state index contributed by atoms with van der Waals surface area (Å²) >= 11 is 1.83. The van der Waals surface area contributed by atoms with Crippen LogP contribution in [0.2, 0.25) is 0 Å². The minimum absolute atomic E-state index is 0.124. The fraction of sp³-hybridized carbons (Fsp3) is 0.750. The average molecular weight is 285 g/mol. The lowest BCUT2D eigenvalue weighted by molar-refractivity contribution is -0.149. The minimum Gasteiger partial charge on any atom is -0.344 e. The van der Waals surface area contributed by atoms with Crippen LogP contribution in [0, 0.1) is 0 Å². The van der Waals surface area contributed by atoms with Gasteiger partial charge in [-0.15, -0.1) is 0 Å². The van der Waals surface area contributed by atoms with Crippen molar-refractivity contribution in [2.75, 3.05) is 25.1 Å². The average Bonchev–Trinajstić information content (AvgIpc) is 2.41. The number of likely N-dealkylation sites (tertiary alicyclic amines) is 1. The van der Waals surface area contributed by atoms with Gasteiger partial charge in [-0.3, -0.25) is 19.3 Å². The van der Waals surface area contributed by atoms with Gasteiger partial charge in [0.2, 0.25) is 11.8 Å². The van der Waals surface area contributed by atoms with Crippen molar-refractivity contribution in [1.82, 2.24) is 15.5 Å². The molecule has 2 heterocycles. The van der Waals surface area contributed by atoms with Crippen molar-refractivity contribution in [3.8, 4) is 0 Å².